The summed E-state index contributed by atoms with van der Waals surface area (Å²) >= 11 is 5.98. The minimum absolute atomic E-state index is 0.300. The van der Waals surface area contributed by atoms with Crippen molar-refractivity contribution in [2.45, 2.75) is 20.4 Å². The lowest BCUT2D eigenvalue weighted by atomic mass is 10.1. The van der Waals surface area contributed by atoms with Gasteiger partial charge in [0.15, 0.2) is 0 Å². The zero-order valence-electron chi connectivity index (χ0n) is 14.4. The number of hydrogen-bond acceptors (Lipinski definition) is 3. The molecule has 5 nitrogen and oxygen atoms in total. The molecule has 1 N–H and O–H groups in total. The molecule has 0 saturated carbocycles. The molecule has 0 fully saturated rings. The minimum atomic E-state index is -3.63. The second-order valence-corrected chi connectivity index (χ2v) is 8.31. The van der Waals surface area contributed by atoms with Gasteiger partial charge in [-0.2, -0.15) is 0 Å². The molecule has 1 amide bonds. The molecule has 0 spiro atoms. The largest absolute Gasteiger partial charge is 0.350 e. The molecule has 2 aromatic carbocycles. The number of carbonyl (C=O) groups excluding carboxylic acids is 1. The first-order chi connectivity index (χ1) is 11.7. The predicted octanol–water partition coefficient (Wildman–Crippen LogP) is 3.04. The lowest BCUT2D eigenvalue weighted by molar-refractivity contribution is -0.119. The number of rotatable bonds is 6. The van der Waals surface area contributed by atoms with Crippen LogP contribution in [-0.2, 0) is 21.4 Å². The molecule has 0 aromatic heterocycles. The van der Waals surface area contributed by atoms with E-state index < -0.39 is 10.0 Å². The third kappa shape index (κ3) is 5.47. The van der Waals surface area contributed by atoms with Crippen LogP contribution in [0.5, 0.6) is 0 Å². The van der Waals surface area contributed by atoms with Crippen molar-refractivity contribution in [2.75, 3.05) is 17.1 Å². The van der Waals surface area contributed by atoms with E-state index in [2.05, 4.69) is 5.32 Å². The van der Waals surface area contributed by atoms with Gasteiger partial charge in [-0.05, 0) is 37.1 Å². The molecule has 0 bridgehead atoms. The lowest BCUT2D eigenvalue weighted by Gasteiger charge is -2.23. The SMILES string of the molecule is Cc1ccc(CNC(=O)CN(c2cc(Cl)ccc2C)S(C)(=O)=O)cc1. The summed E-state index contributed by atoms with van der Waals surface area (Å²) in [7, 11) is -3.63. The number of hydrogen-bond donors (Lipinski definition) is 1. The summed E-state index contributed by atoms with van der Waals surface area (Å²) in [4.78, 5) is 12.3. The fourth-order valence-electron chi connectivity index (χ4n) is 2.33. The van der Waals surface area contributed by atoms with E-state index in [1.165, 1.54) is 0 Å². The normalized spacial score (nSPS) is 11.2. The van der Waals surface area contributed by atoms with Gasteiger partial charge in [0.1, 0.15) is 6.54 Å². The highest BCUT2D eigenvalue weighted by Gasteiger charge is 2.22. The number of anilines is 1. The summed E-state index contributed by atoms with van der Waals surface area (Å²) in [6, 6.07) is 12.7. The molecule has 0 aliphatic carbocycles. The minimum Gasteiger partial charge on any atom is -0.350 e. The Balaban J connectivity index is 2.13. The number of halogens is 1. The van der Waals surface area contributed by atoms with Crippen molar-refractivity contribution < 1.29 is 13.2 Å². The fraction of sp³-hybridized carbons (Fsp3) is 0.278. The Labute approximate surface area is 153 Å². The van der Waals surface area contributed by atoms with Crippen molar-refractivity contribution in [1.29, 1.82) is 0 Å². The number of aryl methyl sites for hydroxylation is 2. The quantitative estimate of drug-likeness (QED) is 0.837. The number of amides is 1. The van der Waals surface area contributed by atoms with Crippen LogP contribution in [0.4, 0.5) is 5.69 Å². The third-order valence-corrected chi connectivity index (χ3v) is 5.10. The van der Waals surface area contributed by atoms with E-state index in [9.17, 15) is 13.2 Å². The molecule has 2 aromatic rings. The van der Waals surface area contributed by atoms with Gasteiger partial charge in [-0.1, -0.05) is 47.5 Å². The maximum absolute atomic E-state index is 12.3. The maximum atomic E-state index is 12.3. The Morgan fingerprint density at radius 1 is 1.12 bits per heavy atom. The Kier molecular flexibility index (Phi) is 6.08. The molecular formula is C18H21ClN2O3S. The van der Waals surface area contributed by atoms with Gasteiger partial charge in [-0.3, -0.25) is 9.10 Å². The monoisotopic (exact) mass is 380 g/mol. The van der Waals surface area contributed by atoms with Crippen LogP contribution in [0, 0.1) is 13.8 Å². The highest BCUT2D eigenvalue weighted by atomic mass is 35.5. The van der Waals surface area contributed by atoms with Gasteiger partial charge < -0.3 is 5.32 Å². The molecule has 0 saturated heterocycles. The van der Waals surface area contributed by atoms with E-state index in [-0.39, 0.29) is 12.5 Å². The molecule has 134 valence electrons. The van der Waals surface area contributed by atoms with Gasteiger partial charge in [-0.15, -0.1) is 0 Å². The third-order valence-electron chi connectivity index (χ3n) is 3.74. The average Bonchev–Trinajstić information content (AvgIpc) is 2.53. The zero-order chi connectivity index (χ0) is 18.6. The first-order valence-corrected chi connectivity index (χ1v) is 9.95. The number of carbonyl (C=O) groups is 1. The van der Waals surface area contributed by atoms with E-state index in [1.807, 2.05) is 31.2 Å². The zero-order valence-corrected chi connectivity index (χ0v) is 16.0. The molecule has 0 aliphatic rings. The van der Waals surface area contributed by atoms with E-state index in [4.69, 9.17) is 11.6 Å². The topological polar surface area (TPSA) is 66.5 Å². The van der Waals surface area contributed by atoms with Crippen LogP contribution in [0.1, 0.15) is 16.7 Å². The molecule has 2 rings (SSSR count). The Bertz CT molecular complexity index is 864. The van der Waals surface area contributed by atoms with Crippen molar-refractivity contribution in [2.24, 2.45) is 0 Å². The second kappa shape index (κ2) is 7.89. The average molecular weight is 381 g/mol. The lowest BCUT2D eigenvalue weighted by Crippen LogP contribution is -2.40. The number of sulfonamides is 1. The van der Waals surface area contributed by atoms with Crippen LogP contribution in [0.15, 0.2) is 42.5 Å². The van der Waals surface area contributed by atoms with Gasteiger partial charge in [0.25, 0.3) is 0 Å². The summed E-state index contributed by atoms with van der Waals surface area (Å²) in [5.74, 6) is -0.384. The smallest absolute Gasteiger partial charge is 0.241 e. The fourth-order valence-corrected chi connectivity index (χ4v) is 3.40. The van der Waals surface area contributed by atoms with Crippen molar-refractivity contribution >= 4 is 33.2 Å². The Hall–Kier alpha value is -2.05. The number of benzene rings is 2. The van der Waals surface area contributed by atoms with Crippen LogP contribution >= 0.6 is 11.6 Å². The van der Waals surface area contributed by atoms with Crippen LogP contribution in [-0.4, -0.2) is 27.1 Å². The number of nitrogens with one attached hydrogen (secondary N) is 1. The summed E-state index contributed by atoms with van der Waals surface area (Å²) in [5.41, 5.74) is 3.21. The molecule has 0 aliphatic heterocycles. The Morgan fingerprint density at radius 2 is 1.76 bits per heavy atom. The summed E-state index contributed by atoms with van der Waals surface area (Å²) < 4.78 is 25.4. The van der Waals surface area contributed by atoms with Crippen LogP contribution in [0.2, 0.25) is 5.02 Å². The van der Waals surface area contributed by atoms with Crippen LogP contribution in [0.3, 0.4) is 0 Å². The Morgan fingerprint density at radius 3 is 2.36 bits per heavy atom. The van der Waals surface area contributed by atoms with Crippen LogP contribution < -0.4 is 9.62 Å². The highest BCUT2D eigenvalue weighted by molar-refractivity contribution is 7.92. The van der Waals surface area contributed by atoms with Gasteiger partial charge in [0.05, 0.1) is 11.9 Å². The van der Waals surface area contributed by atoms with E-state index in [0.717, 1.165) is 27.3 Å². The second-order valence-electron chi connectivity index (χ2n) is 5.96. The van der Waals surface area contributed by atoms with Gasteiger partial charge in [-0.25, -0.2) is 8.42 Å². The predicted molar refractivity (Wildman–Crippen MR) is 101 cm³/mol. The molecule has 7 heteroatoms. The van der Waals surface area contributed by atoms with E-state index in [1.54, 1.807) is 25.1 Å². The van der Waals surface area contributed by atoms with Gasteiger partial charge in [0, 0.05) is 11.6 Å². The summed E-state index contributed by atoms with van der Waals surface area (Å²) in [5, 5.41) is 3.16. The van der Waals surface area contributed by atoms with Gasteiger partial charge >= 0.3 is 0 Å². The first-order valence-electron chi connectivity index (χ1n) is 7.73. The van der Waals surface area contributed by atoms with Gasteiger partial charge in [0.2, 0.25) is 15.9 Å². The van der Waals surface area contributed by atoms with E-state index >= 15 is 0 Å². The van der Waals surface area contributed by atoms with Crippen molar-refractivity contribution in [1.82, 2.24) is 5.32 Å². The van der Waals surface area contributed by atoms with Crippen LogP contribution in [0.25, 0.3) is 0 Å². The van der Waals surface area contributed by atoms with Crippen molar-refractivity contribution in [3.05, 3.63) is 64.2 Å². The molecular weight excluding hydrogens is 360 g/mol. The molecule has 0 radical (unpaired) electrons. The highest BCUT2D eigenvalue weighted by Crippen LogP contribution is 2.26. The molecule has 0 atom stereocenters. The van der Waals surface area contributed by atoms with Crippen molar-refractivity contribution in [3.8, 4) is 0 Å². The van der Waals surface area contributed by atoms with E-state index in [0.29, 0.717) is 17.3 Å². The molecule has 0 heterocycles. The van der Waals surface area contributed by atoms with Crippen molar-refractivity contribution in [3.63, 3.8) is 0 Å². The summed E-state index contributed by atoms with van der Waals surface area (Å²) in [6.07, 6.45) is 1.07. The first kappa shape index (κ1) is 19.3. The standard InChI is InChI=1S/C18H21ClN2O3S/c1-13-4-7-15(8-5-13)11-20-18(22)12-21(25(3,23)24)17-10-16(19)9-6-14(17)2/h4-10H,11-12H2,1-3H3,(H,20,22). The summed E-state index contributed by atoms with van der Waals surface area (Å²) in [6.45, 7) is 3.80. The molecule has 0 unspecified atom stereocenters. The maximum Gasteiger partial charge on any atom is 0.241 e. The molecule has 25 heavy (non-hydrogen) atoms. The number of nitrogens with zero attached hydrogens (tertiary/aromatic N) is 1.